The molecule has 1 N–H and O–H groups in total. The second kappa shape index (κ2) is 7.57. The van der Waals surface area contributed by atoms with Crippen LogP contribution in [0.1, 0.15) is 25.7 Å². The Bertz CT molecular complexity index is 965. The Morgan fingerprint density at radius 1 is 1.23 bits per heavy atom. The Hall–Kier alpha value is -2.22. The molecule has 0 atom stereocenters. The van der Waals surface area contributed by atoms with Crippen molar-refractivity contribution in [1.82, 2.24) is 9.88 Å². The first-order valence-corrected chi connectivity index (χ1v) is 9.83. The molecule has 0 aliphatic rings. The molecule has 3 rings (SSSR count). The van der Waals surface area contributed by atoms with E-state index < -0.39 is 0 Å². The summed E-state index contributed by atoms with van der Waals surface area (Å²) in [4.78, 5) is 31.3. The Balaban J connectivity index is 1.85. The lowest BCUT2D eigenvalue weighted by molar-refractivity contribution is 0.0827. The molecule has 2 amide bonds. The van der Waals surface area contributed by atoms with Crippen LogP contribution in [0.2, 0.25) is 5.02 Å². The van der Waals surface area contributed by atoms with Gasteiger partial charge in [-0.25, -0.2) is 4.98 Å². The van der Waals surface area contributed by atoms with E-state index in [4.69, 9.17) is 11.6 Å². The number of hydrogen-bond donors (Lipinski definition) is 1. The van der Waals surface area contributed by atoms with E-state index in [1.54, 1.807) is 43.6 Å². The minimum absolute atomic E-state index is 0.222. The van der Waals surface area contributed by atoms with E-state index in [2.05, 4.69) is 10.3 Å². The lowest BCUT2D eigenvalue weighted by Crippen LogP contribution is -2.22. The SMILES string of the molecule is Cc1nc(-c2ccsc2)sc1C(=O)Nc1ccc(Cl)c(C(=O)N(C)C)c1. The predicted octanol–water partition coefficient (Wildman–Crippen LogP) is 4.79. The molecule has 0 saturated carbocycles. The highest BCUT2D eigenvalue weighted by Gasteiger charge is 2.18. The Labute approximate surface area is 164 Å². The fraction of sp³-hybridized carbons (Fsp3) is 0.167. The molecular weight excluding hydrogens is 390 g/mol. The second-order valence-electron chi connectivity index (χ2n) is 5.79. The molecule has 0 bridgehead atoms. The maximum atomic E-state index is 12.7. The number of thiophene rings is 1. The summed E-state index contributed by atoms with van der Waals surface area (Å²) >= 11 is 9.04. The van der Waals surface area contributed by atoms with E-state index in [1.165, 1.54) is 16.2 Å². The Kier molecular flexibility index (Phi) is 5.41. The van der Waals surface area contributed by atoms with Crippen LogP contribution in [0.5, 0.6) is 0 Å². The summed E-state index contributed by atoms with van der Waals surface area (Å²) in [5.41, 5.74) is 2.53. The first-order chi connectivity index (χ1) is 12.4. The quantitative estimate of drug-likeness (QED) is 0.678. The van der Waals surface area contributed by atoms with E-state index >= 15 is 0 Å². The summed E-state index contributed by atoms with van der Waals surface area (Å²) in [6.07, 6.45) is 0. The topological polar surface area (TPSA) is 62.3 Å². The van der Waals surface area contributed by atoms with Crippen LogP contribution in [0.3, 0.4) is 0 Å². The third kappa shape index (κ3) is 3.80. The number of thiazole rings is 1. The van der Waals surface area contributed by atoms with Crippen molar-refractivity contribution in [3.63, 3.8) is 0 Å². The van der Waals surface area contributed by atoms with Crippen molar-refractivity contribution >= 4 is 51.8 Å². The van der Waals surface area contributed by atoms with Gasteiger partial charge in [-0.1, -0.05) is 11.6 Å². The van der Waals surface area contributed by atoms with Crippen LogP contribution in [0.25, 0.3) is 10.6 Å². The zero-order valence-corrected chi connectivity index (χ0v) is 16.8. The summed E-state index contributed by atoms with van der Waals surface area (Å²) in [6, 6.07) is 6.83. The van der Waals surface area contributed by atoms with Crippen LogP contribution in [-0.4, -0.2) is 35.8 Å². The van der Waals surface area contributed by atoms with Crippen molar-refractivity contribution < 1.29 is 9.59 Å². The van der Waals surface area contributed by atoms with Crippen LogP contribution < -0.4 is 5.32 Å². The van der Waals surface area contributed by atoms with Crippen molar-refractivity contribution in [2.75, 3.05) is 19.4 Å². The highest BCUT2D eigenvalue weighted by molar-refractivity contribution is 7.17. The molecule has 0 fully saturated rings. The molecule has 0 aliphatic carbocycles. The van der Waals surface area contributed by atoms with E-state index in [-0.39, 0.29) is 11.8 Å². The van der Waals surface area contributed by atoms with Gasteiger partial charge in [0.15, 0.2) is 0 Å². The van der Waals surface area contributed by atoms with Gasteiger partial charge < -0.3 is 10.2 Å². The summed E-state index contributed by atoms with van der Waals surface area (Å²) in [5, 5.41) is 7.95. The molecule has 2 aromatic heterocycles. The molecule has 8 heteroatoms. The first kappa shape index (κ1) is 18.6. The highest BCUT2D eigenvalue weighted by atomic mass is 35.5. The number of nitrogens with zero attached hydrogens (tertiary/aromatic N) is 2. The van der Waals surface area contributed by atoms with Gasteiger partial charge >= 0.3 is 0 Å². The summed E-state index contributed by atoms with van der Waals surface area (Å²) in [7, 11) is 3.30. The molecule has 134 valence electrons. The van der Waals surface area contributed by atoms with E-state index in [0.29, 0.717) is 26.8 Å². The first-order valence-electron chi connectivity index (χ1n) is 7.69. The van der Waals surface area contributed by atoms with Crippen LogP contribution >= 0.6 is 34.3 Å². The lowest BCUT2D eigenvalue weighted by atomic mass is 10.1. The highest BCUT2D eigenvalue weighted by Crippen LogP contribution is 2.30. The van der Waals surface area contributed by atoms with Crippen LogP contribution in [-0.2, 0) is 0 Å². The summed E-state index contributed by atoms with van der Waals surface area (Å²) in [6.45, 7) is 1.81. The van der Waals surface area contributed by atoms with E-state index in [9.17, 15) is 9.59 Å². The molecule has 1 aromatic carbocycles. The van der Waals surface area contributed by atoms with Crippen molar-refractivity contribution in [2.24, 2.45) is 0 Å². The number of benzene rings is 1. The van der Waals surface area contributed by atoms with Crippen molar-refractivity contribution in [1.29, 1.82) is 0 Å². The van der Waals surface area contributed by atoms with Gasteiger partial charge in [0.1, 0.15) is 9.88 Å². The largest absolute Gasteiger partial charge is 0.345 e. The lowest BCUT2D eigenvalue weighted by Gasteiger charge is -2.13. The maximum Gasteiger partial charge on any atom is 0.267 e. The number of amides is 2. The molecule has 0 aliphatic heterocycles. The molecule has 0 unspecified atom stereocenters. The zero-order chi connectivity index (χ0) is 18.8. The molecule has 26 heavy (non-hydrogen) atoms. The average Bonchev–Trinajstić information content (AvgIpc) is 3.25. The van der Waals surface area contributed by atoms with Crippen molar-refractivity contribution in [3.8, 4) is 10.6 Å². The predicted molar refractivity (Wildman–Crippen MR) is 108 cm³/mol. The molecular formula is C18H16ClN3O2S2. The van der Waals surface area contributed by atoms with Gasteiger partial charge in [-0.15, -0.1) is 11.3 Å². The monoisotopic (exact) mass is 405 g/mol. The number of nitrogens with one attached hydrogen (secondary N) is 1. The number of carbonyl (C=O) groups is 2. The minimum atomic E-state index is -0.257. The number of aromatic nitrogens is 1. The number of hydrogen-bond acceptors (Lipinski definition) is 5. The van der Waals surface area contributed by atoms with E-state index in [1.807, 2.05) is 23.8 Å². The maximum absolute atomic E-state index is 12.7. The smallest absolute Gasteiger partial charge is 0.267 e. The van der Waals surface area contributed by atoms with Crippen LogP contribution in [0.4, 0.5) is 5.69 Å². The zero-order valence-electron chi connectivity index (χ0n) is 14.4. The standard InChI is InChI=1S/C18H16ClN3O2S2/c1-10-15(26-17(20-10)11-6-7-25-9-11)16(23)21-12-4-5-14(19)13(8-12)18(24)22(2)3/h4-9H,1-3H3,(H,21,23). The molecule has 0 radical (unpaired) electrons. The van der Waals surface area contributed by atoms with Gasteiger partial charge in [0, 0.05) is 30.7 Å². The summed E-state index contributed by atoms with van der Waals surface area (Å²) < 4.78 is 0. The van der Waals surface area contributed by atoms with Gasteiger partial charge in [-0.3, -0.25) is 9.59 Å². The molecule has 2 heterocycles. The van der Waals surface area contributed by atoms with Gasteiger partial charge in [-0.2, -0.15) is 11.3 Å². The van der Waals surface area contributed by atoms with Crippen molar-refractivity contribution in [3.05, 3.63) is 56.2 Å². The van der Waals surface area contributed by atoms with E-state index in [0.717, 1.165) is 10.6 Å². The third-order valence-electron chi connectivity index (χ3n) is 3.63. The second-order valence-corrected chi connectivity index (χ2v) is 7.98. The Morgan fingerprint density at radius 2 is 2.00 bits per heavy atom. The van der Waals surface area contributed by atoms with Gasteiger partial charge in [0.2, 0.25) is 0 Å². The van der Waals surface area contributed by atoms with Crippen LogP contribution in [0.15, 0.2) is 35.0 Å². The Morgan fingerprint density at radius 3 is 2.65 bits per heavy atom. The normalized spacial score (nSPS) is 10.6. The van der Waals surface area contributed by atoms with Gasteiger partial charge in [0.25, 0.3) is 11.8 Å². The minimum Gasteiger partial charge on any atom is -0.345 e. The molecule has 5 nitrogen and oxygen atoms in total. The number of rotatable bonds is 4. The van der Waals surface area contributed by atoms with Crippen LogP contribution in [0, 0.1) is 6.92 Å². The fourth-order valence-corrected chi connectivity index (χ4v) is 4.18. The molecule has 0 saturated heterocycles. The fourth-order valence-electron chi connectivity index (χ4n) is 2.31. The van der Waals surface area contributed by atoms with Gasteiger partial charge in [0.05, 0.1) is 16.3 Å². The number of anilines is 1. The number of carbonyl (C=O) groups excluding carboxylic acids is 2. The molecule has 0 spiro atoms. The van der Waals surface area contributed by atoms with Crippen molar-refractivity contribution in [2.45, 2.75) is 6.92 Å². The number of aryl methyl sites for hydroxylation is 1. The molecule has 3 aromatic rings. The average molecular weight is 406 g/mol. The van der Waals surface area contributed by atoms with Gasteiger partial charge in [-0.05, 0) is 36.6 Å². The third-order valence-corrected chi connectivity index (χ3v) is 5.85. The number of halogens is 1. The summed E-state index contributed by atoms with van der Waals surface area (Å²) in [5.74, 6) is -0.480.